The molecule has 0 atom stereocenters. The first-order valence-electron chi connectivity index (χ1n) is 6.08. The van der Waals surface area contributed by atoms with E-state index in [4.69, 9.17) is 4.52 Å². The first kappa shape index (κ1) is 12.3. The first-order chi connectivity index (χ1) is 9.72. The molecule has 0 aliphatic heterocycles. The Morgan fingerprint density at radius 2 is 1.80 bits per heavy atom. The number of para-hydroxylation sites is 1. The molecule has 0 aliphatic rings. The average Bonchev–Trinajstić information content (AvgIpc) is 2.91. The van der Waals surface area contributed by atoms with E-state index in [0.717, 1.165) is 0 Å². The molecular formula is C15H11FN2O2. The van der Waals surface area contributed by atoms with Crippen LogP contribution in [-0.2, 0) is 6.42 Å². The monoisotopic (exact) mass is 270 g/mol. The summed E-state index contributed by atoms with van der Waals surface area (Å²) in [6.07, 6.45) is 0.348. The number of halogens is 1. The Morgan fingerprint density at radius 1 is 1.05 bits per heavy atom. The normalized spacial score (nSPS) is 10.7. The molecule has 4 nitrogen and oxygen atoms in total. The highest BCUT2D eigenvalue weighted by atomic mass is 19.1. The van der Waals surface area contributed by atoms with Crippen LogP contribution in [0.2, 0.25) is 0 Å². The maximum absolute atomic E-state index is 12.8. The van der Waals surface area contributed by atoms with Gasteiger partial charge in [-0.1, -0.05) is 23.4 Å². The molecular weight excluding hydrogens is 259 g/mol. The van der Waals surface area contributed by atoms with Crippen molar-refractivity contribution in [2.24, 2.45) is 0 Å². The number of hydrogen-bond donors (Lipinski definition) is 1. The Morgan fingerprint density at radius 3 is 2.55 bits per heavy atom. The maximum Gasteiger partial charge on any atom is 0.231 e. The van der Waals surface area contributed by atoms with Crippen molar-refractivity contribution < 1.29 is 14.0 Å². The van der Waals surface area contributed by atoms with Crippen LogP contribution in [0.4, 0.5) is 4.39 Å². The van der Waals surface area contributed by atoms with E-state index >= 15 is 0 Å². The summed E-state index contributed by atoms with van der Waals surface area (Å²) in [6.45, 7) is 0. The summed E-state index contributed by atoms with van der Waals surface area (Å²) in [5.41, 5.74) is 1.39. The van der Waals surface area contributed by atoms with E-state index in [0.29, 0.717) is 29.3 Å². The molecule has 0 radical (unpaired) electrons. The Labute approximate surface area is 114 Å². The molecule has 0 spiro atoms. The molecule has 0 saturated carbocycles. The fourth-order valence-electron chi connectivity index (χ4n) is 1.87. The van der Waals surface area contributed by atoms with Crippen molar-refractivity contribution in [3.8, 4) is 17.1 Å². The van der Waals surface area contributed by atoms with Gasteiger partial charge in [-0.05, 0) is 30.3 Å². The molecule has 20 heavy (non-hydrogen) atoms. The molecule has 2 aromatic carbocycles. The third-order valence-corrected chi connectivity index (χ3v) is 2.90. The lowest BCUT2D eigenvalue weighted by molar-refractivity contribution is 0.383. The zero-order chi connectivity index (χ0) is 13.9. The van der Waals surface area contributed by atoms with Crippen LogP contribution in [0.3, 0.4) is 0 Å². The lowest BCUT2D eigenvalue weighted by Gasteiger charge is -1.99. The number of rotatable bonds is 3. The molecule has 1 N–H and O–H groups in total. The summed E-state index contributed by atoms with van der Waals surface area (Å²) in [6, 6.07) is 12.8. The standard InChI is InChI=1S/C15H11FN2O2/c16-12-7-5-10(6-8-12)15-17-14(20-18-15)9-11-3-1-2-4-13(11)19/h1-8,19H,9H2. The predicted octanol–water partition coefficient (Wildman–Crippen LogP) is 3.17. The molecule has 0 aliphatic carbocycles. The van der Waals surface area contributed by atoms with E-state index in [2.05, 4.69) is 10.1 Å². The SMILES string of the molecule is Oc1ccccc1Cc1nc(-c2ccc(F)cc2)no1. The molecule has 1 aromatic heterocycles. The largest absolute Gasteiger partial charge is 0.508 e. The molecule has 3 rings (SSSR count). The molecule has 0 unspecified atom stereocenters. The lowest BCUT2D eigenvalue weighted by Crippen LogP contribution is -1.89. The van der Waals surface area contributed by atoms with Crippen molar-refractivity contribution in [1.82, 2.24) is 10.1 Å². The summed E-state index contributed by atoms with van der Waals surface area (Å²) in [4.78, 5) is 4.24. The van der Waals surface area contributed by atoms with Crippen LogP contribution in [-0.4, -0.2) is 15.2 Å². The van der Waals surface area contributed by atoms with Crippen molar-refractivity contribution in [2.45, 2.75) is 6.42 Å². The summed E-state index contributed by atoms with van der Waals surface area (Å²) in [5, 5.41) is 13.5. The molecule has 0 bridgehead atoms. The number of nitrogens with zero attached hydrogens (tertiary/aromatic N) is 2. The van der Waals surface area contributed by atoms with Crippen molar-refractivity contribution in [1.29, 1.82) is 0 Å². The van der Waals surface area contributed by atoms with E-state index in [1.165, 1.54) is 12.1 Å². The van der Waals surface area contributed by atoms with Gasteiger partial charge < -0.3 is 9.63 Å². The molecule has 1 heterocycles. The third-order valence-electron chi connectivity index (χ3n) is 2.90. The fraction of sp³-hybridized carbons (Fsp3) is 0.0667. The van der Waals surface area contributed by atoms with Gasteiger partial charge in [0.1, 0.15) is 11.6 Å². The minimum Gasteiger partial charge on any atom is -0.508 e. The number of phenolic OH excluding ortho intramolecular Hbond substituents is 1. The quantitative estimate of drug-likeness (QED) is 0.794. The second kappa shape index (κ2) is 5.13. The van der Waals surface area contributed by atoms with Crippen molar-refractivity contribution in [2.75, 3.05) is 0 Å². The van der Waals surface area contributed by atoms with Crippen LogP contribution in [0.5, 0.6) is 5.75 Å². The molecule has 0 amide bonds. The van der Waals surface area contributed by atoms with E-state index < -0.39 is 0 Å². The first-order valence-corrected chi connectivity index (χ1v) is 6.08. The summed E-state index contributed by atoms with van der Waals surface area (Å²) in [7, 11) is 0. The van der Waals surface area contributed by atoms with Gasteiger partial charge in [-0.25, -0.2) is 4.39 Å². The van der Waals surface area contributed by atoms with E-state index in [1.807, 2.05) is 6.07 Å². The van der Waals surface area contributed by atoms with Gasteiger partial charge in [0.15, 0.2) is 0 Å². The van der Waals surface area contributed by atoms with Gasteiger partial charge in [0.05, 0.1) is 6.42 Å². The fourth-order valence-corrected chi connectivity index (χ4v) is 1.87. The topological polar surface area (TPSA) is 59.2 Å². The second-order valence-electron chi connectivity index (χ2n) is 4.32. The minimum absolute atomic E-state index is 0.189. The van der Waals surface area contributed by atoms with Gasteiger partial charge in [-0.2, -0.15) is 4.98 Å². The van der Waals surface area contributed by atoms with Crippen LogP contribution >= 0.6 is 0 Å². The predicted molar refractivity (Wildman–Crippen MR) is 70.6 cm³/mol. The highest BCUT2D eigenvalue weighted by molar-refractivity contribution is 5.53. The Balaban J connectivity index is 1.84. The molecule has 3 aromatic rings. The van der Waals surface area contributed by atoms with Crippen LogP contribution in [0.1, 0.15) is 11.5 Å². The Kier molecular flexibility index (Phi) is 3.16. The van der Waals surface area contributed by atoms with Gasteiger partial charge >= 0.3 is 0 Å². The van der Waals surface area contributed by atoms with Gasteiger partial charge in [0.2, 0.25) is 11.7 Å². The van der Waals surface area contributed by atoms with Crippen LogP contribution < -0.4 is 0 Å². The zero-order valence-electron chi connectivity index (χ0n) is 10.5. The van der Waals surface area contributed by atoms with Crippen LogP contribution in [0, 0.1) is 5.82 Å². The smallest absolute Gasteiger partial charge is 0.231 e. The summed E-state index contributed by atoms with van der Waals surface area (Å²) >= 11 is 0. The number of aromatic hydroxyl groups is 1. The molecule has 0 fully saturated rings. The zero-order valence-corrected chi connectivity index (χ0v) is 10.5. The summed E-state index contributed by atoms with van der Waals surface area (Å²) in [5.74, 6) is 0.668. The Bertz CT molecular complexity index is 723. The van der Waals surface area contributed by atoms with E-state index in [9.17, 15) is 9.50 Å². The van der Waals surface area contributed by atoms with Gasteiger partial charge in [-0.3, -0.25) is 0 Å². The molecule has 0 saturated heterocycles. The second-order valence-corrected chi connectivity index (χ2v) is 4.32. The number of aromatic nitrogens is 2. The number of benzene rings is 2. The van der Waals surface area contributed by atoms with Gasteiger partial charge in [-0.15, -0.1) is 0 Å². The van der Waals surface area contributed by atoms with Crippen LogP contribution in [0.25, 0.3) is 11.4 Å². The number of phenols is 1. The van der Waals surface area contributed by atoms with Crippen molar-refractivity contribution >= 4 is 0 Å². The maximum atomic E-state index is 12.8. The molecule has 100 valence electrons. The van der Waals surface area contributed by atoms with Gasteiger partial charge in [0, 0.05) is 11.1 Å². The molecule has 5 heteroatoms. The highest BCUT2D eigenvalue weighted by Gasteiger charge is 2.11. The van der Waals surface area contributed by atoms with Gasteiger partial charge in [0.25, 0.3) is 0 Å². The average molecular weight is 270 g/mol. The van der Waals surface area contributed by atoms with Crippen molar-refractivity contribution in [3.05, 3.63) is 65.8 Å². The number of hydrogen-bond acceptors (Lipinski definition) is 4. The summed E-state index contributed by atoms with van der Waals surface area (Å²) < 4.78 is 18.0. The van der Waals surface area contributed by atoms with E-state index in [1.54, 1.807) is 30.3 Å². The minimum atomic E-state index is -0.313. The van der Waals surface area contributed by atoms with Crippen LogP contribution in [0.15, 0.2) is 53.1 Å². The van der Waals surface area contributed by atoms with E-state index in [-0.39, 0.29) is 11.6 Å². The Hall–Kier alpha value is -2.69. The lowest BCUT2D eigenvalue weighted by atomic mass is 10.1. The van der Waals surface area contributed by atoms with Crippen molar-refractivity contribution in [3.63, 3.8) is 0 Å². The third kappa shape index (κ3) is 2.51. The highest BCUT2D eigenvalue weighted by Crippen LogP contribution is 2.21.